The van der Waals surface area contributed by atoms with Crippen LogP contribution in [0, 0.1) is 5.92 Å². The molecule has 2 atom stereocenters. The van der Waals surface area contributed by atoms with E-state index in [0.717, 1.165) is 35.5 Å². The molecule has 0 radical (unpaired) electrons. The van der Waals surface area contributed by atoms with E-state index in [1.54, 1.807) is 0 Å². The fourth-order valence-corrected chi connectivity index (χ4v) is 6.64. The van der Waals surface area contributed by atoms with Crippen molar-refractivity contribution >= 4 is 0 Å². The first-order valence-electron chi connectivity index (χ1n) is 15.7. The summed E-state index contributed by atoms with van der Waals surface area (Å²) < 4.78 is 17.9. The summed E-state index contributed by atoms with van der Waals surface area (Å²) in [6, 6.07) is 34.0. The van der Waals surface area contributed by atoms with Crippen molar-refractivity contribution in [3.8, 4) is 22.6 Å². The number of hydrogen-bond acceptors (Lipinski definition) is 5. The van der Waals surface area contributed by atoms with Crippen molar-refractivity contribution in [1.82, 2.24) is 0 Å². The van der Waals surface area contributed by atoms with E-state index in [1.165, 1.54) is 41.5 Å². The summed E-state index contributed by atoms with van der Waals surface area (Å²) in [4.78, 5) is 0. The fourth-order valence-electron chi connectivity index (χ4n) is 6.64. The number of rotatable bonds is 12. The largest absolute Gasteiger partial charge is 0.493 e. The first kappa shape index (κ1) is 29.4. The van der Waals surface area contributed by atoms with E-state index in [2.05, 4.69) is 72.8 Å². The summed E-state index contributed by atoms with van der Waals surface area (Å²) in [5, 5.41) is 19.9. The molecule has 5 heteroatoms. The lowest BCUT2D eigenvalue weighted by atomic mass is 9.68. The Morgan fingerprint density at radius 3 is 1.72 bits per heavy atom. The van der Waals surface area contributed by atoms with Crippen LogP contribution in [0.15, 0.2) is 97.1 Å². The standard InChI is InChI=1S/C38H42O5/c1-27(23-39)24-41-32-19-15-28(16-20-32)38(36-13-7-5-11-34(36)35-12-6-8-14-37(35)38)29-17-21-33(22-18-29)43-26-30(40)25-42-31-9-3-2-4-10-31/h5-8,11-22,27,30-31,39-40H,2-4,9-10,23-26H2,1H3. The second kappa shape index (κ2) is 13.3. The van der Waals surface area contributed by atoms with Crippen LogP contribution in [0.4, 0.5) is 0 Å². The molecule has 1 fully saturated rings. The molecular weight excluding hydrogens is 536 g/mol. The summed E-state index contributed by atoms with van der Waals surface area (Å²) in [5.41, 5.74) is 6.71. The van der Waals surface area contributed by atoms with Gasteiger partial charge in [0.25, 0.3) is 0 Å². The van der Waals surface area contributed by atoms with Gasteiger partial charge in [-0.2, -0.15) is 0 Å². The van der Waals surface area contributed by atoms with E-state index < -0.39 is 11.5 Å². The van der Waals surface area contributed by atoms with Crippen LogP contribution in [0.1, 0.15) is 61.3 Å². The molecule has 0 aliphatic heterocycles. The Morgan fingerprint density at radius 1 is 0.674 bits per heavy atom. The fraction of sp³-hybridized carbons (Fsp3) is 0.368. The quantitative estimate of drug-likeness (QED) is 0.165. The van der Waals surface area contributed by atoms with Crippen molar-refractivity contribution in [3.05, 3.63) is 119 Å². The van der Waals surface area contributed by atoms with Gasteiger partial charge >= 0.3 is 0 Å². The molecule has 0 aromatic heterocycles. The Bertz CT molecular complexity index is 1430. The maximum atomic E-state index is 10.5. The van der Waals surface area contributed by atoms with Crippen LogP contribution >= 0.6 is 0 Å². The van der Waals surface area contributed by atoms with E-state index in [0.29, 0.717) is 13.2 Å². The van der Waals surface area contributed by atoms with Crippen molar-refractivity contribution < 1.29 is 24.4 Å². The first-order chi connectivity index (χ1) is 21.1. The third kappa shape index (κ3) is 6.08. The van der Waals surface area contributed by atoms with Crippen molar-refractivity contribution in [1.29, 1.82) is 0 Å². The molecule has 1 saturated carbocycles. The lowest BCUT2D eigenvalue weighted by molar-refractivity contribution is -0.0363. The van der Waals surface area contributed by atoms with Gasteiger partial charge in [-0.15, -0.1) is 0 Å². The minimum atomic E-state index is -0.664. The summed E-state index contributed by atoms with van der Waals surface area (Å²) >= 11 is 0. The predicted molar refractivity (Wildman–Crippen MR) is 170 cm³/mol. The zero-order chi connectivity index (χ0) is 29.6. The van der Waals surface area contributed by atoms with Crippen LogP contribution in [-0.4, -0.2) is 48.8 Å². The van der Waals surface area contributed by atoms with Gasteiger partial charge in [0.05, 0.1) is 24.7 Å². The number of ether oxygens (including phenoxy) is 3. The molecule has 0 heterocycles. The van der Waals surface area contributed by atoms with Crippen LogP contribution in [0.5, 0.6) is 11.5 Å². The van der Waals surface area contributed by atoms with Gasteiger partial charge < -0.3 is 24.4 Å². The molecule has 4 aromatic carbocycles. The molecule has 2 N–H and O–H groups in total. The topological polar surface area (TPSA) is 68.2 Å². The first-order valence-corrected chi connectivity index (χ1v) is 15.7. The number of benzene rings is 4. The van der Waals surface area contributed by atoms with Gasteiger partial charge in [0, 0.05) is 12.5 Å². The molecule has 2 unspecified atom stereocenters. The minimum absolute atomic E-state index is 0.0749. The molecule has 4 aromatic rings. The maximum absolute atomic E-state index is 10.5. The third-order valence-electron chi connectivity index (χ3n) is 8.89. The molecule has 5 nitrogen and oxygen atoms in total. The van der Waals surface area contributed by atoms with Gasteiger partial charge in [-0.1, -0.05) is 99.0 Å². The second-order valence-corrected chi connectivity index (χ2v) is 12.0. The minimum Gasteiger partial charge on any atom is -0.493 e. The molecule has 2 aliphatic rings. The van der Waals surface area contributed by atoms with Crippen molar-refractivity contribution in [2.75, 3.05) is 26.4 Å². The Balaban J connectivity index is 1.28. The van der Waals surface area contributed by atoms with Gasteiger partial charge in [-0.25, -0.2) is 0 Å². The third-order valence-corrected chi connectivity index (χ3v) is 8.89. The van der Waals surface area contributed by atoms with Crippen molar-refractivity contribution in [3.63, 3.8) is 0 Å². The van der Waals surface area contributed by atoms with Crippen LogP contribution in [-0.2, 0) is 10.2 Å². The summed E-state index contributed by atoms with van der Waals surface area (Å²) in [6.07, 6.45) is 5.47. The van der Waals surface area contributed by atoms with Gasteiger partial charge in [-0.05, 0) is 70.5 Å². The lowest BCUT2D eigenvalue weighted by Gasteiger charge is -2.34. The molecule has 43 heavy (non-hydrogen) atoms. The highest BCUT2D eigenvalue weighted by Gasteiger charge is 2.45. The highest BCUT2D eigenvalue weighted by Crippen LogP contribution is 2.56. The van der Waals surface area contributed by atoms with E-state index in [9.17, 15) is 10.2 Å². The molecule has 0 bridgehead atoms. The summed E-state index contributed by atoms with van der Waals surface area (Å²) in [5.74, 6) is 1.58. The average Bonchev–Trinajstić information content (AvgIpc) is 3.37. The highest BCUT2D eigenvalue weighted by molar-refractivity contribution is 5.86. The van der Waals surface area contributed by atoms with Gasteiger partial charge in [0.1, 0.15) is 24.2 Å². The van der Waals surface area contributed by atoms with Crippen LogP contribution in [0.3, 0.4) is 0 Å². The van der Waals surface area contributed by atoms with Crippen molar-refractivity contribution in [2.45, 2.75) is 56.7 Å². The van der Waals surface area contributed by atoms with E-state index in [4.69, 9.17) is 14.2 Å². The monoisotopic (exact) mass is 578 g/mol. The number of aliphatic hydroxyl groups excluding tert-OH is 2. The van der Waals surface area contributed by atoms with Crippen LogP contribution in [0.25, 0.3) is 11.1 Å². The number of hydrogen-bond donors (Lipinski definition) is 2. The Morgan fingerprint density at radius 2 is 1.19 bits per heavy atom. The number of fused-ring (bicyclic) bond motifs is 3. The molecular formula is C38H42O5. The second-order valence-electron chi connectivity index (χ2n) is 12.0. The van der Waals surface area contributed by atoms with Crippen LogP contribution in [0.2, 0.25) is 0 Å². The van der Waals surface area contributed by atoms with Gasteiger partial charge in [-0.3, -0.25) is 0 Å². The van der Waals surface area contributed by atoms with E-state index in [1.807, 2.05) is 31.2 Å². The summed E-state index contributed by atoms with van der Waals surface area (Å²) in [6.45, 7) is 3.03. The lowest BCUT2D eigenvalue weighted by Crippen LogP contribution is -2.29. The normalized spacial score (nSPS) is 17.1. The van der Waals surface area contributed by atoms with Crippen LogP contribution < -0.4 is 9.47 Å². The van der Waals surface area contributed by atoms with E-state index in [-0.39, 0.29) is 25.2 Å². The van der Waals surface area contributed by atoms with Gasteiger partial charge in [0.15, 0.2) is 0 Å². The SMILES string of the molecule is CC(CO)COc1ccc(C2(c3ccc(OCC(O)COC4CCCCC4)cc3)c3ccccc3-c3ccccc32)cc1. The Hall–Kier alpha value is -3.64. The zero-order valence-electron chi connectivity index (χ0n) is 25.0. The summed E-state index contributed by atoms with van der Waals surface area (Å²) in [7, 11) is 0. The highest BCUT2D eigenvalue weighted by atomic mass is 16.5. The molecule has 224 valence electrons. The predicted octanol–water partition coefficient (Wildman–Crippen LogP) is 7.15. The van der Waals surface area contributed by atoms with Gasteiger partial charge in [0.2, 0.25) is 0 Å². The van der Waals surface area contributed by atoms with E-state index >= 15 is 0 Å². The number of aliphatic hydroxyl groups is 2. The zero-order valence-corrected chi connectivity index (χ0v) is 25.0. The smallest absolute Gasteiger partial charge is 0.119 e. The molecule has 6 rings (SSSR count). The van der Waals surface area contributed by atoms with Crippen molar-refractivity contribution in [2.24, 2.45) is 5.92 Å². The molecule has 0 amide bonds. The maximum Gasteiger partial charge on any atom is 0.119 e. The Kier molecular flexibility index (Phi) is 9.13. The molecule has 2 aliphatic carbocycles. The molecule has 0 saturated heterocycles. The molecule has 0 spiro atoms. The Labute approximate surface area is 255 Å². The average molecular weight is 579 g/mol.